The van der Waals surface area contributed by atoms with Crippen molar-refractivity contribution in [2.45, 2.75) is 0 Å². The van der Waals surface area contributed by atoms with E-state index in [9.17, 15) is 18.8 Å². The second-order valence-electron chi connectivity index (χ2n) is 4.92. The van der Waals surface area contributed by atoms with E-state index in [-0.39, 0.29) is 10.9 Å². The predicted octanol–water partition coefficient (Wildman–Crippen LogP) is 0.541. The number of thioether (sulfide) groups is 1. The number of rotatable bonds is 3. The zero-order chi connectivity index (χ0) is 18.0. The number of halogens is 1. The molecule has 3 amide bonds. The molecule has 0 spiro atoms. The summed E-state index contributed by atoms with van der Waals surface area (Å²) in [5, 5.41) is 14.5. The van der Waals surface area contributed by atoms with Crippen LogP contribution < -0.4 is 10.6 Å². The van der Waals surface area contributed by atoms with E-state index in [2.05, 4.69) is 31.0 Å². The van der Waals surface area contributed by atoms with E-state index < -0.39 is 29.5 Å². The number of amides is 3. The average molecular weight is 362 g/mol. The Morgan fingerprint density at radius 2 is 2.16 bits per heavy atom. The lowest BCUT2D eigenvalue weighted by Gasteiger charge is -2.18. The number of hydrogen-bond donors (Lipinski definition) is 3. The topological polar surface area (TPSA) is 129 Å². The highest BCUT2D eigenvalue weighted by Crippen LogP contribution is 2.23. The molecule has 1 aliphatic heterocycles. The quantitative estimate of drug-likeness (QED) is 0.684. The van der Waals surface area contributed by atoms with Crippen molar-refractivity contribution in [1.29, 1.82) is 0 Å². The molecule has 3 rings (SSSR count). The number of anilines is 1. The van der Waals surface area contributed by atoms with Crippen LogP contribution in [0, 0.1) is 11.7 Å². The Balaban J connectivity index is 1.78. The molecule has 1 unspecified atom stereocenters. The van der Waals surface area contributed by atoms with Crippen LogP contribution in [0.25, 0.3) is 11.3 Å². The van der Waals surface area contributed by atoms with Crippen LogP contribution in [0.1, 0.15) is 0 Å². The van der Waals surface area contributed by atoms with E-state index in [0.29, 0.717) is 11.3 Å². The van der Waals surface area contributed by atoms with Crippen LogP contribution in [0.2, 0.25) is 0 Å². The van der Waals surface area contributed by atoms with Gasteiger partial charge in [-0.2, -0.15) is 20.4 Å². The smallest absolute Gasteiger partial charge is 0.270 e. The summed E-state index contributed by atoms with van der Waals surface area (Å²) in [6, 6.07) is 3.97. The molecule has 1 aromatic heterocycles. The number of amidine groups is 1. The SMILES string of the molecule is CSC1=NC(=O)C(C(=O)Nc2ccc(-c3cn[nH]n3)cc2F)C(=O)N1. The van der Waals surface area contributed by atoms with Gasteiger partial charge in [0.15, 0.2) is 11.1 Å². The van der Waals surface area contributed by atoms with Crippen molar-refractivity contribution in [3.63, 3.8) is 0 Å². The first kappa shape index (κ1) is 16.8. The number of carbonyl (C=O) groups excluding carboxylic acids is 3. The van der Waals surface area contributed by atoms with Crippen molar-refractivity contribution in [1.82, 2.24) is 20.7 Å². The molecule has 0 fully saturated rings. The largest absolute Gasteiger partial charge is 0.322 e. The van der Waals surface area contributed by atoms with Crippen LogP contribution in [-0.2, 0) is 14.4 Å². The average Bonchev–Trinajstić information content (AvgIpc) is 3.10. The molecule has 1 aliphatic rings. The van der Waals surface area contributed by atoms with Crippen molar-refractivity contribution in [3.05, 3.63) is 30.2 Å². The summed E-state index contributed by atoms with van der Waals surface area (Å²) in [6.07, 6.45) is 3.04. The number of nitrogens with zero attached hydrogens (tertiary/aromatic N) is 3. The van der Waals surface area contributed by atoms with Gasteiger partial charge in [0.25, 0.3) is 5.91 Å². The molecule has 128 valence electrons. The second-order valence-corrected chi connectivity index (χ2v) is 5.72. The first-order valence-corrected chi connectivity index (χ1v) is 8.16. The molecule has 25 heavy (non-hydrogen) atoms. The van der Waals surface area contributed by atoms with Gasteiger partial charge in [-0.3, -0.25) is 14.4 Å². The van der Waals surface area contributed by atoms with Crippen molar-refractivity contribution in [2.75, 3.05) is 11.6 Å². The van der Waals surface area contributed by atoms with Gasteiger partial charge in [-0.05, 0) is 18.4 Å². The third-order valence-corrected chi connectivity index (χ3v) is 3.92. The Morgan fingerprint density at radius 1 is 1.36 bits per heavy atom. The Bertz CT molecular complexity index is 883. The van der Waals surface area contributed by atoms with Gasteiger partial charge in [0, 0.05) is 5.56 Å². The van der Waals surface area contributed by atoms with E-state index in [4.69, 9.17) is 0 Å². The summed E-state index contributed by atoms with van der Waals surface area (Å²) >= 11 is 1.07. The number of nitrogens with one attached hydrogen (secondary N) is 3. The summed E-state index contributed by atoms with van der Waals surface area (Å²) in [7, 11) is 0. The highest BCUT2D eigenvalue weighted by atomic mass is 32.2. The van der Waals surface area contributed by atoms with Crippen molar-refractivity contribution in [2.24, 2.45) is 10.9 Å². The third-order valence-electron chi connectivity index (χ3n) is 3.34. The number of H-pyrrole nitrogens is 1. The van der Waals surface area contributed by atoms with Gasteiger partial charge < -0.3 is 10.6 Å². The highest BCUT2D eigenvalue weighted by molar-refractivity contribution is 8.13. The minimum Gasteiger partial charge on any atom is -0.322 e. The molecule has 2 heterocycles. The number of carbonyl (C=O) groups is 3. The summed E-state index contributed by atoms with van der Waals surface area (Å²) in [5.41, 5.74) is 0.708. The third kappa shape index (κ3) is 3.40. The van der Waals surface area contributed by atoms with Crippen molar-refractivity contribution >= 4 is 40.3 Å². The highest BCUT2D eigenvalue weighted by Gasteiger charge is 2.38. The molecule has 3 N–H and O–H groups in total. The lowest BCUT2D eigenvalue weighted by Crippen LogP contribution is -2.48. The summed E-state index contributed by atoms with van der Waals surface area (Å²) < 4.78 is 14.2. The maximum atomic E-state index is 14.2. The maximum Gasteiger partial charge on any atom is 0.270 e. The minimum absolute atomic E-state index is 0.113. The van der Waals surface area contributed by atoms with Gasteiger partial charge in [-0.25, -0.2) is 4.39 Å². The first-order valence-electron chi connectivity index (χ1n) is 6.93. The zero-order valence-corrected chi connectivity index (χ0v) is 13.6. The molecule has 0 bridgehead atoms. The molecule has 0 radical (unpaired) electrons. The van der Waals surface area contributed by atoms with E-state index in [1.807, 2.05) is 0 Å². The lowest BCUT2D eigenvalue weighted by molar-refractivity contribution is -0.139. The Kier molecular flexibility index (Phi) is 4.57. The first-order chi connectivity index (χ1) is 12.0. The van der Waals surface area contributed by atoms with E-state index in [0.717, 1.165) is 17.8 Å². The normalized spacial score (nSPS) is 17.0. The molecule has 1 atom stereocenters. The molecule has 0 saturated heterocycles. The Hall–Kier alpha value is -3.08. The molecule has 0 saturated carbocycles. The second kappa shape index (κ2) is 6.81. The summed E-state index contributed by atoms with van der Waals surface area (Å²) in [5.74, 6) is -5.07. The Morgan fingerprint density at radius 3 is 2.76 bits per heavy atom. The fourth-order valence-electron chi connectivity index (χ4n) is 2.13. The van der Waals surface area contributed by atoms with Gasteiger partial charge in [-0.1, -0.05) is 17.8 Å². The monoisotopic (exact) mass is 362 g/mol. The van der Waals surface area contributed by atoms with Gasteiger partial charge in [0.2, 0.25) is 11.8 Å². The predicted molar refractivity (Wildman–Crippen MR) is 88.0 cm³/mol. The van der Waals surface area contributed by atoms with Gasteiger partial charge in [-0.15, -0.1) is 0 Å². The van der Waals surface area contributed by atoms with Crippen LogP contribution >= 0.6 is 11.8 Å². The molecule has 1 aromatic carbocycles. The van der Waals surface area contributed by atoms with Gasteiger partial charge >= 0.3 is 0 Å². The number of aromatic amines is 1. The van der Waals surface area contributed by atoms with E-state index >= 15 is 0 Å². The van der Waals surface area contributed by atoms with Gasteiger partial charge in [0.05, 0.1) is 11.9 Å². The van der Waals surface area contributed by atoms with Gasteiger partial charge in [0.1, 0.15) is 11.5 Å². The summed E-state index contributed by atoms with van der Waals surface area (Å²) in [4.78, 5) is 39.6. The minimum atomic E-state index is -1.66. The molecule has 9 nitrogen and oxygen atoms in total. The van der Waals surface area contributed by atoms with Crippen LogP contribution in [0.4, 0.5) is 10.1 Å². The van der Waals surface area contributed by atoms with Crippen LogP contribution in [0.5, 0.6) is 0 Å². The van der Waals surface area contributed by atoms with Crippen molar-refractivity contribution in [3.8, 4) is 11.3 Å². The van der Waals surface area contributed by atoms with E-state index in [1.54, 1.807) is 6.26 Å². The maximum absolute atomic E-state index is 14.2. The molecule has 11 heteroatoms. The zero-order valence-electron chi connectivity index (χ0n) is 12.7. The number of aliphatic imine (C=N–C) groups is 1. The van der Waals surface area contributed by atoms with Crippen LogP contribution in [0.15, 0.2) is 29.4 Å². The fourth-order valence-corrected chi connectivity index (χ4v) is 2.52. The number of benzene rings is 1. The molecular formula is C14H11FN6O3S. The molecular weight excluding hydrogens is 351 g/mol. The lowest BCUT2D eigenvalue weighted by atomic mass is 10.1. The van der Waals surface area contributed by atoms with Crippen LogP contribution in [0.3, 0.4) is 0 Å². The summed E-state index contributed by atoms with van der Waals surface area (Å²) in [6.45, 7) is 0. The number of aromatic nitrogens is 3. The molecule has 0 aliphatic carbocycles. The Labute approximate surface area is 144 Å². The number of hydrogen-bond acceptors (Lipinski definition) is 6. The van der Waals surface area contributed by atoms with Crippen molar-refractivity contribution < 1.29 is 18.8 Å². The molecule has 2 aromatic rings. The standard InChI is InChI=1S/C14H11FN6O3S/c1-25-14-18-12(23)10(13(24)19-14)11(22)17-8-3-2-6(4-7(8)15)9-5-16-21-20-9/h2-5,10H,1H3,(H,17,22)(H,16,20,21)(H,18,19,23,24). The fraction of sp³-hybridized carbons (Fsp3) is 0.143. The van der Waals surface area contributed by atoms with Crippen LogP contribution in [-0.4, -0.2) is 44.6 Å². The van der Waals surface area contributed by atoms with E-state index in [1.165, 1.54) is 18.3 Å².